The minimum Gasteiger partial charge on any atom is -0.356 e. The Hall–Kier alpha value is -2.72. The van der Waals surface area contributed by atoms with Gasteiger partial charge in [0, 0.05) is 18.0 Å². The summed E-state index contributed by atoms with van der Waals surface area (Å²) in [7, 11) is 0. The number of piperidine rings is 1. The molecule has 3 nitrogen and oxygen atoms in total. The lowest BCUT2D eigenvalue weighted by atomic mass is 9.90. The summed E-state index contributed by atoms with van der Waals surface area (Å²) < 4.78 is 0. The van der Waals surface area contributed by atoms with Gasteiger partial charge in [-0.3, -0.25) is 0 Å². The van der Waals surface area contributed by atoms with Crippen LogP contribution in [0.2, 0.25) is 0 Å². The van der Waals surface area contributed by atoms with Crippen LogP contribution in [0.3, 0.4) is 0 Å². The van der Waals surface area contributed by atoms with Crippen molar-refractivity contribution in [1.29, 1.82) is 0 Å². The van der Waals surface area contributed by atoms with E-state index in [0.29, 0.717) is 0 Å². The Kier molecular flexibility index (Phi) is 4.79. The second-order valence-electron chi connectivity index (χ2n) is 7.51. The van der Waals surface area contributed by atoms with Crippen LogP contribution >= 0.6 is 11.3 Å². The Labute approximate surface area is 169 Å². The average molecular weight is 386 g/mol. The van der Waals surface area contributed by atoms with Gasteiger partial charge in [-0.1, -0.05) is 60.7 Å². The highest BCUT2D eigenvalue weighted by atomic mass is 32.1. The fourth-order valence-corrected chi connectivity index (χ4v) is 5.14. The molecule has 0 amide bonds. The highest BCUT2D eigenvalue weighted by Crippen LogP contribution is 2.37. The van der Waals surface area contributed by atoms with Crippen LogP contribution in [0.4, 0.5) is 5.82 Å². The monoisotopic (exact) mass is 385 g/mol. The average Bonchev–Trinajstić information content (AvgIpc) is 3.20. The molecule has 4 heteroatoms. The van der Waals surface area contributed by atoms with Crippen molar-refractivity contribution >= 4 is 27.4 Å². The number of fused-ring (bicyclic) bond motifs is 1. The zero-order chi connectivity index (χ0) is 18.8. The fourth-order valence-electron chi connectivity index (χ4n) is 4.14. The number of benzene rings is 2. The molecule has 3 heterocycles. The third-order valence-corrected chi connectivity index (χ3v) is 6.74. The lowest BCUT2D eigenvalue weighted by Gasteiger charge is -2.33. The standard InChI is InChI=1S/C24H23N3S/c1-3-7-18(8-4-1)15-19-11-13-27(14-12-19)23-21-16-22(20-9-5-2-6-10-20)28-24(21)26-17-25-23/h1-10,16-17,19H,11-15H2. The zero-order valence-electron chi connectivity index (χ0n) is 15.8. The van der Waals surface area contributed by atoms with Crippen LogP contribution < -0.4 is 4.90 Å². The molecule has 28 heavy (non-hydrogen) atoms. The van der Waals surface area contributed by atoms with Crippen molar-refractivity contribution in [2.75, 3.05) is 18.0 Å². The summed E-state index contributed by atoms with van der Waals surface area (Å²) >= 11 is 1.75. The van der Waals surface area contributed by atoms with Crippen LogP contribution in [0.1, 0.15) is 18.4 Å². The van der Waals surface area contributed by atoms with Gasteiger partial charge in [0.05, 0.1) is 5.39 Å². The van der Waals surface area contributed by atoms with Crippen LogP contribution in [-0.4, -0.2) is 23.1 Å². The predicted octanol–water partition coefficient (Wildman–Crippen LogP) is 5.82. The van der Waals surface area contributed by atoms with E-state index in [9.17, 15) is 0 Å². The molecule has 0 spiro atoms. The molecule has 0 atom stereocenters. The van der Waals surface area contributed by atoms with E-state index in [4.69, 9.17) is 0 Å². The van der Waals surface area contributed by atoms with Crippen molar-refractivity contribution in [1.82, 2.24) is 9.97 Å². The highest BCUT2D eigenvalue weighted by molar-refractivity contribution is 7.21. The number of hydrogen-bond acceptors (Lipinski definition) is 4. The van der Waals surface area contributed by atoms with Gasteiger partial charge in [-0.05, 0) is 42.4 Å². The van der Waals surface area contributed by atoms with Crippen molar-refractivity contribution in [3.63, 3.8) is 0 Å². The lowest BCUT2D eigenvalue weighted by molar-refractivity contribution is 0.402. The van der Waals surface area contributed by atoms with E-state index < -0.39 is 0 Å². The smallest absolute Gasteiger partial charge is 0.140 e. The third kappa shape index (κ3) is 3.52. The third-order valence-electron chi connectivity index (χ3n) is 5.65. The van der Waals surface area contributed by atoms with E-state index in [1.54, 1.807) is 17.7 Å². The number of anilines is 1. The first-order valence-corrected chi connectivity index (χ1v) is 10.8. The summed E-state index contributed by atoms with van der Waals surface area (Å²) in [6.07, 6.45) is 5.34. The molecule has 2 aromatic carbocycles. The quantitative estimate of drug-likeness (QED) is 0.443. The molecule has 1 fully saturated rings. The molecule has 0 radical (unpaired) electrons. The molecule has 0 bridgehead atoms. The SMILES string of the molecule is c1ccc(CC2CCN(c3ncnc4sc(-c5ccccc5)cc34)CC2)cc1. The molecule has 2 aromatic heterocycles. The minimum atomic E-state index is 0.762. The van der Waals surface area contributed by atoms with Gasteiger partial charge in [0.25, 0.3) is 0 Å². The second-order valence-corrected chi connectivity index (χ2v) is 8.54. The largest absolute Gasteiger partial charge is 0.356 e. The maximum absolute atomic E-state index is 4.67. The first-order valence-electron chi connectivity index (χ1n) is 9.95. The Balaban J connectivity index is 1.35. The van der Waals surface area contributed by atoms with Gasteiger partial charge in [0.2, 0.25) is 0 Å². The number of hydrogen-bond donors (Lipinski definition) is 0. The van der Waals surface area contributed by atoms with Crippen molar-refractivity contribution < 1.29 is 0 Å². The first kappa shape index (κ1) is 17.4. The van der Waals surface area contributed by atoms with Crippen molar-refractivity contribution in [2.24, 2.45) is 5.92 Å². The maximum atomic E-state index is 4.67. The first-order chi connectivity index (χ1) is 13.9. The number of rotatable bonds is 4. The van der Waals surface area contributed by atoms with Gasteiger partial charge in [-0.25, -0.2) is 9.97 Å². The van der Waals surface area contributed by atoms with Crippen LogP contribution in [0.25, 0.3) is 20.7 Å². The molecule has 1 saturated heterocycles. The minimum absolute atomic E-state index is 0.762. The van der Waals surface area contributed by atoms with Crippen molar-refractivity contribution in [3.05, 3.63) is 78.6 Å². The number of aromatic nitrogens is 2. The molecule has 140 valence electrons. The van der Waals surface area contributed by atoms with Gasteiger partial charge >= 0.3 is 0 Å². The van der Waals surface area contributed by atoms with Crippen LogP contribution in [0, 0.1) is 5.92 Å². The Morgan fingerprint density at radius 1 is 0.893 bits per heavy atom. The van der Waals surface area contributed by atoms with E-state index in [0.717, 1.165) is 29.7 Å². The van der Waals surface area contributed by atoms with Crippen LogP contribution in [-0.2, 0) is 6.42 Å². The lowest BCUT2D eigenvalue weighted by Crippen LogP contribution is -2.35. The van der Waals surface area contributed by atoms with E-state index >= 15 is 0 Å². The summed E-state index contributed by atoms with van der Waals surface area (Å²) in [6, 6.07) is 23.7. The highest BCUT2D eigenvalue weighted by Gasteiger charge is 2.22. The van der Waals surface area contributed by atoms with Gasteiger partial charge in [-0.2, -0.15) is 0 Å². The van der Waals surface area contributed by atoms with Gasteiger partial charge < -0.3 is 4.90 Å². The van der Waals surface area contributed by atoms with E-state index in [-0.39, 0.29) is 0 Å². The molecule has 0 N–H and O–H groups in total. The Morgan fingerprint density at radius 3 is 2.36 bits per heavy atom. The molecule has 0 unspecified atom stereocenters. The fraction of sp³-hybridized carbons (Fsp3) is 0.250. The molecule has 5 rings (SSSR count). The number of thiophene rings is 1. The summed E-state index contributed by atoms with van der Waals surface area (Å²) in [4.78, 5) is 14.0. The maximum Gasteiger partial charge on any atom is 0.140 e. The topological polar surface area (TPSA) is 29.0 Å². The molecule has 4 aromatic rings. The molecular formula is C24H23N3S. The molecule has 0 aliphatic carbocycles. The molecule has 0 saturated carbocycles. The summed E-state index contributed by atoms with van der Waals surface area (Å²) in [5.41, 5.74) is 2.70. The number of nitrogens with zero attached hydrogens (tertiary/aromatic N) is 3. The van der Waals surface area contributed by atoms with Crippen molar-refractivity contribution in [3.8, 4) is 10.4 Å². The van der Waals surface area contributed by atoms with Gasteiger partial charge in [0.1, 0.15) is 17.0 Å². The summed E-state index contributed by atoms with van der Waals surface area (Å²) in [6.45, 7) is 2.14. The van der Waals surface area contributed by atoms with E-state index in [2.05, 4.69) is 81.6 Å². The molecular weight excluding hydrogens is 362 g/mol. The second kappa shape index (κ2) is 7.72. The van der Waals surface area contributed by atoms with Crippen LogP contribution in [0.5, 0.6) is 0 Å². The van der Waals surface area contributed by atoms with E-state index in [1.165, 1.54) is 40.7 Å². The van der Waals surface area contributed by atoms with Gasteiger partial charge in [0.15, 0.2) is 0 Å². The Morgan fingerprint density at radius 2 is 1.61 bits per heavy atom. The zero-order valence-corrected chi connectivity index (χ0v) is 16.6. The summed E-state index contributed by atoms with van der Waals surface area (Å²) in [5.74, 6) is 1.86. The van der Waals surface area contributed by atoms with Crippen LogP contribution in [0.15, 0.2) is 73.1 Å². The van der Waals surface area contributed by atoms with Gasteiger partial charge in [-0.15, -0.1) is 11.3 Å². The van der Waals surface area contributed by atoms with E-state index in [1.807, 2.05) is 0 Å². The normalized spacial score (nSPS) is 15.2. The molecule has 1 aliphatic rings. The Bertz CT molecular complexity index is 1050. The van der Waals surface area contributed by atoms with Crippen molar-refractivity contribution in [2.45, 2.75) is 19.3 Å². The summed E-state index contributed by atoms with van der Waals surface area (Å²) in [5, 5.41) is 1.19. The predicted molar refractivity (Wildman–Crippen MR) is 118 cm³/mol. The molecule has 1 aliphatic heterocycles.